The average Bonchev–Trinajstić information content (AvgIpc) is 3.49. The van der Waals surface area contributed by atoms with Gasteiger partial charge in [0, 0.05) is 24.0 Å². The van der Waals surface area contributed by atoms with Crippen molar-refractivity contribution < 1.29 is 24.2 Å². The van der Waals surface area contributed by atoms with Crippen molar-refractivity contribution in [3.63, 3.8) is 0 Å². The summed E-state index contributed by atoms with van der Waals surface area (Å²) in [6.07, 6.45) is 8.31. The molecule has 1 aromatic heterocycles. The van der Waals surface area contributed by atoms with Crippen LogP contribution in [0.1, 0.15) is 94.1 Å². The number of nitrogens with zero attached hydrogens (tertiary/aromatic N) is 1. The van der Waals surface area contributed by atoms with Crippen LogP contribution in [0.2, 0.25) is 0 Å². The van der Waals surface area contributed by atoms with Gasteiger partial charge in [-0.3, -0.25) is 4.79 Å². The van der Waals surface area contributed by atoms with Gasteiger partial charge < -0.3 is 19.5 Å². The molecule has 202 valence electrons. The van der Waals surface area contributed by atoms with Gasteiger partial charge in [0.2, 0.25) is 5.91 Å². The van der Waals surface area contributed by atoms with Gasteiger partial charge in [-0.25, -0.2) is 4.79 Å². The van der Waals surface area contributed by atoms with Crippen LogP contribution >= 0.6 is 11.3 Å². The monoisotopic (exact) mass is 527 g/mol. The van der Waals surface area contributed by atoms with Crippen LogP contribution in [-0.2, 0) is 14.3 Å². The Morgan fingerprint density at radius 2 is 1.89 bits per heavy atom. The zero-order valence-corrected chi connectivity index (χ0v) is 23.7. The predicted molar refractivity (Wildman–Crippen MR) is 147 cm³/mol. The van der Waals surface area contributed by atoms with Crippen LogP contribution in [0.3, 0.4) is 0 Å². The molecular weight excluding hydrogens is 486 g/mol. The van der Waals surface area contributed by atoms with E-state index in [1.807, 2.05) is 31.7 Å². The third-order valence-corrected chi connectivity index (χ3v) is 8.64. The summed E-state index contributed by atoms with van der Waals surface area (Å²) in [7, 11) is 0. The van der Waals surface area contributed by atoms with Crippen molar-refractivity contribution in [3.05, 3.63) is 27.5 Å². The summed E-state index contributed by atoms with van der Waals surface area (Å²) in [6.45, 7) is 11.8. The Kier molecular flexibility index (Phi) is 8.83. The highest BCUT2D eigenvalue weighted by molar-refractivity contribution is 7.15. The second kappa shape index (κ2) is 11.7. The Labute approximate surface area is 225 Å². The number of carbonyl (C=O) groups excluding carboxylic acids is 1. The molecule has 7 heteroatoms. The lowest BCUT2D eigenvalue weighted by molar-refractivity contribution is -0.124. The van der Waals surface area contributed by atoms with E-state index >= 15 is 0 Å². The minimum Gasteiger partial charge on any atom is -0.477 e. The van der Waals surface area contributed by atoms with E-state index in [9.17, 15) is 14.7 Å². The second-order valence-electron chi connectivity index (χ2n) is 12.0. The molecular formula is C30H41NO5S. The molecule has 2 unspecified atom stereocenters. The van der Waals surface area contributed by atoms with E-state index in [4.69, 9.17) is 9.47 Å². The first-order valence-electron chi connectivity index (χ1n) is 13.6. The molecule has 0 radical (unpaired) electrons. The first kappa shape index (κ1) is 27.9. The van der Waals surface area contributed by atoms with Crippen molar-refractivity contribution in [2.24, 2.45) is 17.3 Å². The average molecular weight is 528 g/mol. The number of carboxylic acids is 1. The summed E-state index contributed by atoms with van der Waals surface area (Å²) >= 11 is 1.17. The number of thiophene rings is 1. The predicted octanol–water partition coefficient (Wildman–Crippen LogP) is 6.29. The number of carbonyl (C=O) groups is 2. The largest absolute Gasteiger partial charge is 0.477 e. The van der Waals surface area contributed by atoms with Crippen LogP contribution in [0.5, 0.6) is 0 Å². The highest BCUT2D eigenvalue weighted by atomic mass is 32.1. The molecule has 2 heterocycles. The Balaban J connectivity index is 1.63. The number of hydrogen-bond acceptors (Lipinski definition) is 5. The summed E-state index contributed by atoms with van der Waals surface area (Å²) in [5.74, 6) is 5.47. The number of hydrogen-bond donors (Lipinski definition) is 1. The first-order valence-corrected chi connectivity index (χ1v) is 14.5. The third kappa shape index (κ3) is 7.04. The van der Waals surface area contributed by atoms with Gasteiger partial charge in [-0.2, -0.15) is 0 Å². The van der Waals surface area contributed by atoms with Crippen molar-refractivity contribution in [1.82, 2.24) is 0 Å². The maximum atomic E-state index is 14.2. The molecule has 1 amide bonds. The number of amides is 1. The zero-order valence-electron chi connectivity index (χ0n) is 22.8. The third-order valence-electron chi connectivity index (χ3n) is 7.61. The number of ether oxygens (including phenoxy) is 2. The summed E-state index contributed by atoms with van der Waals surface area (Å²) in [5.41, 5.74) is 1.62. The van der Waals surface area contributed by atoms with Crippen molar-refractivity contribution in [3.8, 4) is 11.8 Å². The molecule has 1 saturated carbocycles. The Morgan fingerprint density at radius 3 is 2.49 bits per heavy atom. The lowest BCUT2D eigenvalue weighted by Gasteiger charge is -2.40. The fourth-order valence-corrected chi connectivity index (χ4v) is 6.51. The Morgan fingerprint density at radius 1 is 1.16 bits per heavy atom. The summed E-state index contributed by atoms with van der Waals surface area (Å²) in [5, 5.41) is 10.1. The first-order chi connectivity index (χ1) is 17.5. The quantitative estimate of drug-likeness (QED) is 0.348. The van der Waals surface area contributed by atoms with E-state index in [1.165, 1.54) is 16.9 Å². The molecule has 3 atom stereocenters. The molecule has 3 aliphatic rings. The Hall–Kier alpha value is -2.14. The number of allylic oxidation sites excluding steroid dienone is 2. The van der Waals surface area contributed by atoms with E-state index in [-0.39, 0.29) is 46.3 Å². The fourth-order valence-electron chi connectivity index (χ4n) is 5.67. The van der Waals surface area contributed by atoms with Crippen LogP contribution in [-0.4, -0.2) is 48.4 Å². The smallest absolute Gasteiger partial charge is 0.348 e. The van der Waals surface area contributed by atoms with Gasteiger partial charge in [-0.15, -0.1) is 11.3 Å². The van der Waals surface area contributed by atoms with Crippen LogP contribution in [0.25, 0.3) is 0 Å². The van der Waals surface area contributed by atoms with E-state index in [0.29, 0.717) is 23.6 Å². The molecule has 0 bridgehead atoms. The van der Waals surface area contributed by atoms with Gasteiger partial charge in [0.05, 0.1) is 29.4 Å². The maximum Gasteiger partial charge on any atom is 0.348 e. The van der Waals surface area contributed by atoms with Crippen LogP contribution in [0.15, 0.2) is 17.7 Å². The minimum absolute atomic E-state index is 0.0421. The maximum absolute atomic E-state index is 14.2. The molecule has 0 spiro atoms. The van der Waals surface area contributed by atoms with Gasteiger partial charge in [0.15, 0.2) is 0 Å². The normalized spacial score (nSPS) is 28.2. The molecule has 4 rings (SSSR count). The minimum atomic E-state index is -1.01. The summed E-state index contributed by atoms with van der Waals surface area (Å²) in [4.78, 5) is 29.3. The van der Waals surface area contributed by atoms with Gasteiger partial charge >= 0.3 is 5.97 Å². The van der Waals surface area contributed by atoms with Crippen molar-refractivity contribution in [1.29, 1.82) is 0 Å². The van der Waals surface area contributed by atoms with Gasteiger partial charge in [0.25, 0.3) is 0 Å². The molecule has 0 aromatic carbocycles. The number of rotatable bonds is 6. The summed E-state index contributed by atoms with van der Waals surface area (Å²) < 4.78 is 11.7. The fraction of sp³-hybridized carbons (Fsp3) is 0.667. The number of aromatic carboxylic acids is 1. The molecule has 6 nitrogen and oxygen atoms in total. The van der Waals surface area contributed by atoms with E-state index in [1.54, 1.807) is 0 Å². The van der Waals surface area contributed by atoms with Crippen molar-refractivity contribution >= 4 is 28.9 Å². The van der Waals surface area contributed by atoms with Crippen molar-refractivity contribution in [2.75, 3.05) is 18.1 Å². The molecule has 1 N–H and O–H groups in total. The lowest BCUT2D eigenvalue weighted by Crippen LogP contribution is -2.48. The van der Waals surface area contributed by atoms with Gasteiger partial charge in [-0.05, 0) is 84.6 Å². The molecule has 2 aliphatic carbocycles. The van der Waals surface area contributed by atoms with Gasteiger partial charge in [0.1, 0.15) is 4.88 Å². The van der Waals surface area contributed by atoms with E-state index in [0.717, 1.165) is 45.1 Å². The zero-order chi connectivity index (χ0) is 26.7. The topological polar surface area (TPSA) is 76.1 Å². The van der Waals surface area contributed by atoms with Crippen LogP contribution < -0.4 is 4.90 Å². The SMILES string of the molecule is CC1=CCC(C(=O)N(c2cc(C#CC(C)(C)C)sc2C(=O)O)C2CCC(OC3CCOC3)CC2)[C@@H](C)C1. The lowest BCUT2D eigenvalue weighted by atomic mass is 9.79. The molecule has 2 fully saturated rings. The van der Waals surface area contributed by atoms with Crippen LogP contribution in [0.4, 0.5) is 5.69 Å². The highest BCUT2D eigenvalue weighted by Gasteiger charge is 2.39. The second-order valence-corrected chi connectivity index (χ2v) is 13.0. The van der Waals surface area contributed by atoms with Crippen LogP contribution in [0, 0.1) is 29.1 Å². The standard InChI is InChI=1S/C30H41NO5S/c1-19-6-11-25(20(2)16-19)28(32)31(21-7-9-22(10-8-21)36-23-13-15-35-18-23)26-17-24(12-14-30(3,4)5)37-27(26)29(33)34/h6,17,20-23,25H,7-11,13,15-16,18H2,1-5H3,(H,33,34)/t20-,21?,22?,23?,25?/m0/s1. The van der Waals surface area contributed by atoms with E-state index < -0.39 is 5.97 Å². The molecule has 1 aromatic rings. The molecule has 37 heavy (non-hydrogen) atoms. The molecule has 1 saturated heterocycles. The molecule has 1 aliphatic heterocycles. The van der Waals surface area contributed by atoms with Crippen molar-refractivity contribution in [2.45, 2.75) is 97.8 Å². The number of carboxylic acid groups (broad SMARTS) is 1. The summed E-state index contributed by atoms with van der Waals surface area (Å²) in [6, 6.07) is 1.78. The highest BCUT2D eigenvalue weighted by Crippen LogP contribution is 2.39. The Bertz CT molecular complexity index is 1070. The van der Waals surface area contributed by atoms with E-state index in [2.05, 4.69) is 31.8 Å². The number of anilines is 1. The van der Waals surface area contributed by atoms with Gasteiger partial charge in [-0.1, -0.05) is 30.4 Å².